The summed E-state index contributed by atoms with van der Waals surface area (Å²) in [7, 11) is -1.86. The minimum atomic E-state index is -1.86. The fourth-order valence-corrected chi connectivity index (χ4v) is 7.29. The van der Waals surface area contributed by atoms with Gasteiger partial charge in [0, 0.05) is 18.7 Å². The monoisotopic (exact) mass is 538 g/mol. The van der Waals surface area contributed by atoms with E-state index in [1.165, 1.54) is 6.07 Å². The maximum absolute atomic E-state index is 15.9. The lowest BCUT2D eigenvalue weighted by molar-refractivity contribution is -0.00577. The summed E-state index contributed by atoms with van der Waals surface area (Å²) in [6.07, 6.45) is -1.17. The van der Waals surface area contributed by atoms with Crippen LogP contribution >= 0.6 is 0 Å². The van der Waals surface area contributed by atoms with E-state index in [4.69, 9.17) is 9.16 Å². The Kier molecular flexibility index (Phi) is 8.35. The molecule has 0 saturated carbocycles. The third-order valence-electron chi connectivity index (χ3n) is 6.55. The standard InChI is InChI=1S/C30H34F2NO4Si/c1-19-17-33(18-20(2)36-19)27-24(16-23(29(34)35)25(31)26(27)32)28(30(3,4)5)37-38(21-12-8-6-9-13-21)22-14-10-7-11-15-22/h6-16,19-20,28H,17-18H2,1-5H3,(H,34,35)/t19-,20+,28?. The van der Waals surface area contributed by atoms with E-state index >= 15 is 8.78 Å². The van der Waals surface area contributed by atoms with Crippen molar-refractivity contribution in [3.63, 3.8) is 0 Å². The first-order valence-corrected chi connectivity index (χ1v) is 14.2. The van der Waals surface area contributed by atoms with Crippen LogP contribution in [0.4, 0.5) is 14.5 Å². The van der Waals surface area contributed by atoms with Gasteiger partial charge in [-0.1, -0.05) is 81.4 Å². The summed E-state index contributed by atoms with van der Waals surface area (Å²) in [5, 5.41) is 11.7. The lowest BCUT2D eigenvalue weighted by Crippen LogP contribution is -2.48. The van der Waals surface area contributed by atoms with Gasteiger partial charge in [-0.2, -0.15) is 0 Å². The lowest BCUT2D eigenvalue weighted by atomic mass is 9.83. The van der Waals surface area contributed by atoms with E-state index in [1.807, 2.05) is 95.3 Å². The molecule has 3 aromatic carbocycles. The molecule has 3 atom stereocenters. The van der Waals surface area contributed by atoms with Gasteiger partial charge in [0.25, 0.3) is 9.04 Å². The Hall–Kier alpha value is -3.07. The lowest BCUT2D eigenvalue weighted by Gasteiger charge is -2.41. The quantitative estimate of drug-likeness (QED) is 0.420. The first-order valence-electron chi connectivity index (χ1n) is 12.8. The number of carboxylic acids is 1. The largest absolute Gasteiger partial charge is 0.478 e. The van der Waals surface area contributed by atoms with Crippen molar-refractivity contribution in [1.29, 1.82) is 0 Å². The number of benzene rings is 3. The molecular formula is C30H34F2NO4Si. The van der Waals surface area contributed by atoms with E-state index in [0.29, 0.717) is 18.7 Å². The fourth-order valence-electron chi connectivity index (χ4n) is 4.98. The van der Waals surface area contributed by atoms with E-state index in [0.717, 1.165) is 10.4 Å². The van der Waals surface area contributed by atoms with Crippen molar-refractivity contribution in [1.82, 2.24) is 0 Å². The highest BCUT2D eigenvalue weighted by Gasteiger charge is 2.39. The summed E-state index contributed by atoms with van der Waals surface area (Å²) in [6.45, 7) is 10.3. The third kappa shape index (κ3) is 5.98. The highest BCUT2D eigenvalue weighted by molar-refractivity contribution is 6.80. The molecule has 1 saturated heterocycles. The van der Waals surface area contributed by atoms with Crippen molar-refractivity contribution in [2.75, 3.05) is 18.0 Å². The normalized spacial score (nSPS) is 19.0. The Morgan fingerprint density at radius 2 is 1.47 bits per heavy atom. The van der Waals surface area contributed by atoms with Crippen LogP contribution in [0, 0.1) is 17.0 Å². The minimum absolute atomic E-state index is 0.0388. The van der Waals surface area contributed by atoms with Gasteiger partial charge in [-0.05, 0) is 35.7 Å². The minimum Gasteiger partial charge on any atom is -0.478 e. The second-order valence-electron chi connectivity index (χ2n) is 10.9. The maximum Gasteiger partial charge on any atom is 0.338 e. The first kappa shape index (κ1) is 27.9. The van der Waals surface area contributed by atoms with Crippen molar-refractivity contribution in [2.24, 2.45) is 5.41 Å². The second kappa shape index (κ2) is 11.4. The van der Waals surface area contributed by atoms with Crippen LogP contribution in [0.25, 0.3) is 0 Å². The Balaban J connectivity index is 1.92. The van der Waals surface area contributed by atoms with E-state index < -0.39 is 43.7 Å². The molecule has 1 fully saturated rings. The average molecular weight is 539 g/mol. The van der Waals surface area contributed by atoms with Crippen molar-refractivity contribution in [2.45, 2.75) is 52.9 Å². The van der Waals surface area contributed by atoms with E-state index in [-0.39, 0.29) is 17.9 Å². The number of rotatable bonds is 7. The number of hydrogen-bond acceptors (Lipinski definition) is 4. The van der Waals surface area contributed by atoms with Crippen LogP contribution in [0.5, 0.6) is 0 Å². The molecule has 3 aromatic rings. The molecule has 4 rings (SSSR count). The Bertz CT molecular complexity index is 1220. The molecule has 5 nitrogen and oxygen atoms in total. The zero-order chi connectivity index (χ0) is 27.6. The van der Waals surface area contributed by atoms with Gasteiger partial charge in [0.15, 0.2) is 11.6 Å². The summed E-state index contributed by atoms with van der Waals surface area (Å²) in [4.78, 5) is 13.7. The predicted octanol–water partition coefficient (Wildman–Crippen LogP) is 5.19. The fraction of sp³-hybridized carbons (Fsp3) is 0.367. The van der Waals surface area contributed by atoms with Crippen LogP contribution in [-0.2, 0) is 9.16 Å². The molecule has 0 bridgehead atoms. The predicted molar refractivity (Wildman–Crippen MR) is 147 cm³/mol. The van der Waals surface area contributed by atoms with Crippen LogP contribution in [-0.4, -0.2) is 45.4 Å². The van der Waals surface area contributed by atoms with Crippen LogP contribution in [0.15, 0.2) is 66.7 Å². The van der Waals surface area contributed by atoms with Gasteiger partial charge in [0.05, 0.1) is 29.6 Å². The third-order valence-corrected chi connectivity index (χ3v) is 8.74. The van der Waals surface area contributed by atoms with Crippen LogP contribution in [0.2, 0.25) is 0 Å². The van der Waals surface area contributed by atoms with Crippen LogP contribution in [0.3, 0.4) is 0 Å². The van der Waals surface area contributed by atoms with Crippen LogP contribution in [0.1, 0.15) is 56.6 Å². The molecule has 1 unspecified atom stereocenters. The number of halogens is 2. The Morgan fingerprint density at radius 3 is 1.92 bits per heavy atom. The van der Waals surface area contributed by atoms with Gasteiger partial charge in [-0.25, -0.2) is 13.6 Å². The van der Waals surface area contributed by atoms with Crippen molar-refractivity contribution < 1.29 is 27.8 Å². The number of carbonyl (C=O) groups is 1. The molecule has 0 aromatic heterocycles. The molecule has 1 radical (unpaired) electrons. The molecule has 1 heterocycles. The summed E-state index contributed by atoms with van der Waals surface area (Å²) < 4.78 is 43.8. The zero-order valence-electron chi connectivity index (χ0n) is 22.4. The van der Waals surface area contributed by atoms with Gasteiger partial charge in [-0.15, -0.1) is 0 Å². The molecule has 1 N–H and O–H groups in total. The number of carboxylic acid groups (broad SMARTS) is 1. The van der Waals surface area contributed by atoms with Crippen molar-refractivity contribution in [3.05, 3.63) is 89.5 Å². The SMILES string of the molecule is C[C@@H]1CN(c2c(C(O[Si](c3ccccc3)c3ccccc3)C(C)(C)C)cc(C(=O)O)c(F)c2F)C[C@H](C)O1. The first-order chi connectivity index (χ1) is 18.0. The smallest absolute Gasteiger partial charge is 0.338 e. The molecule has 0 aliphatic carbocycles. The van der Waals surface area contributed by atoms with E-state index in [2.05, 4.69) is 0 Å². The highest BCUT2D eigenvalue weighted by Crippen LogP contribution is 2.44. The summed E-state index contributed by atoms with van der Waals surface area (Å²) >= 11 is 0. The molecule has 0 spiro atoms. The number of ether oxygens (including phenoxy) is 1. The number of hydrogen-bond donors (Lipinski definition) is 1. The number of aromatic carboxylic acids is 1. The second-order valence-corrected chi connectivity index (χ2v) is 12.9. The Morgan fingerprint density at radius 1 is 0.974 bits per heavy atom. The van der Waals surface area contributed by atoms with Crippen molar-refractivity contribution in [3.8, 4) is 0 Å². The molecule has 201 valence electrons. The van der Waals surface area contributed by atoms with E-state index in [9.17, 15) is 9.90 Å². The Labute approximate surface area is 224 Å². The average Bonchev–Trinajstić information content (AvgIpc) is 2.86. The van der Waals surface area contributed by atoms with Crippen LogP contribution < -0.4 is 15.3 Å². The molecule has 38 heavy (non-hydrogen) atoms. The molecular weight excluding hydrogens is 504 g/mol. The van der Waals surface area contributed by atoms with Gasteiger partial charge >= 0.3 is 5.97 Å². The molecule has 1 aliphatic heterocycles. The van der Waals surface area contributed by atoms with E-state index in [1.54, 1.807) is 4.90 Å². The number of morpholine rings is 1. The highest BCUT2D eigenvalue weighted by atomic mass is 28.3. The van der Waals surface area contributed by atoms with Gasteiger partial charge in [-0.3, -0.25) is 0 Å². The van der Waals surface area contributed by atoms with Crippen molar-refractivity contribution >= 4 is 31.1 Å². The number of anilines is 1. The topological polar surface area (TPSA) is 59.0 Å². The van der Waals surface area contributed by atoms with Gasteiger partial charge in [0.1, 0.15) is 0 Å². The summed E-state index contributed by atoms with van der Waals surface area (Å²) in [6, 6.07) is 20.9. The maximum atomic E-state index is 15.9. The summed E-state index contributed by atoms with van der Waals surface area (Å²) in [5.41, 5.74) is -0.930. The van der Waals surface area contributed by atoms with Gasteiger partial charge < -0.3 is 19.2 Å². The molecule has 8 heteroatoms. The molecule has 0 amide bonds. The van der Waals surface area contributed by atoms with Gasteiger partial charge in [0.2, 0.25) is 0 Å². The summed E-state index contributed by atoms with van der Waals surface area (Å²) in [5.74, 6) is -4.07. The molecule has 1 aliphatic rings. The number of nitrogens with zero attached hydrogens (tertiary/aromatic N) is 1. The zero-order valence-corrected chi connectivity index (χ0v) is 23.4.